The minimum atomic E-state index is -1.29. The monoisotopic (exact) mass is 292 g/mol. The molecule has 0 fully saturated rings. The fraction of sp³-hybridized carbons (Fsp3) is 0.929. The fourth-order valence-corrected chi connectivity index (χ4v) is 1.21. The minimum Gasteiger partial charge on any atom is -0.465 e. The van der Waals surface area contributed by atoms with Gasteiger partial charge in [0, 0.05) is 6.42 Å². The van der Waals surface area contributed by atoms with Gasteiger partial charge in [-0.1, -0.05) is 6.92 Å². The zero-order valence-electron chi connectivity index (χ0n) is 12.8. The molecule has 120 valence electrons. The molecule has 6 nitrogen and oxygen atoms in total. The van der Waals surface area contributed by atoms with Crippen molar-refractivity contribution in [3.05, 3.63) is 0 Å². The molecule has 0 amide bonds. The molecule has 20 heavy (non-hydrogen) atoms. The smallest absolute Gasteiger partial charge is 0.311 e. The van der Waals surface area contributed by atoms with E-state index in [0.717, 1.165) is 19.3 Å². The number of unbranched alkanes of at least 4 members (excludes halogenated alkanes) is 1. The Morgan fingerprint density at radius 1 is 1.05 bits per heavy atom. The van der Waals surface area contributed by atoms with Crippen molar-refractivity contribution in [2.45, 2.75) is 59.2 Å². The van der Waals surface area contributed by atoms with E-state index in [9.17, 15) is 4.79 Å². The second kappa shape index (κ2) is 11.0. The molecule has 0 saturated heterocycles. The summed E-state index contributed by atoms with van der Waals surface area (Å²) in [5, 5.41) is 17.2. The van der Waals surface area contributed by atoms with E-state index >= 15 is 0 Å². The van der Waals surface area contributed by atoms with Crippen molar-refractivity contribution < 1.29 is 29.5 Å². The molecule has 0 aromatic heterocycles. The summed E-state index contributed by atoms with van der Waals surface area (Å²) in [6.07, 6.45) is 1.73. The maximum absolute atomic E-state index is 11.6. The van der Waals surface area contributed by atoms with E-state index in [2.05, 4.69) is 0 Å². The van der Waals surface area contributed by atoms with Crippen molar-refractivity contribution in [3.63, 3.8) is 0 Å². The molecule has 0 radical (unpaired) electrons. The van der Waals surface area contributed by atoms with Crippen LogP contribution >= 0.6 is 0 Å². The minimum absolute atomic E-state index is 0.167. The summed E-state index contributed by atoms with van der Waals surface area (Å²) in [6.45, 7) is 6.85. The van der Waals surface area contributed by atoms with Crippen LogP contribution < -0.4 is 0 Å². The summed E-state index contributed by atoms with van der Waals surface area (Å²) in [5.41, 5.74) is -0.420. The summed E-state index contributed by atoms with van der Waals surface area (Å²) in [4.78, 5) is 21.4. The van der Waals surface area contributed by atoms with E-state index in [1.165, 1.54) is 0 Å². The lowest BCUT2D eigenvalue weighted by Crippen LogP contribution is -2.26. The summed E-state index contributed by atoms with van der Waals surface area (Å²) < 4.78 is 5.18. The quantitative estimate of drug-likeness (QED) is 0.187. The van der Waals surface area contributed by atoms with Gasteiger partial charge in [0.05, 0.1) is 25.2 Å². The highest BCUT2D eigenvalue weighted by atomic mass is 17.2. The lowest BCUT2D eigenvalue weighted by Gasteiger charge is -2.20. The third-order valence-electron chi connectivity index (χ3n) is 3.06. The van der Waals surface area contributed by atoms with Gasteiger partial charge in [0.2, 0.25) is 0 Å². The highest BCUT2D eigenvalue weighted by molar-refractivity contribution is 5.75. The number of esters is 1. The Morgan fingerprint density at radius 3 is 2.15 bits per heavy atom. The summed E-state index contributed by atoms with van der Waals surface area (Å²) >= 11 is 0. The number of aliphatic hydroxyl groups excluding tert-OH is 1. The number of aliphatic hydroxyl groups is 2. The number of ether oxygens (including phenoxy) is 1. The number of hydrogen-bond donors (Lipinski definition) is 2. The SMILES string of the molecule is CCC(C)(C)C(=O)OCCCCOOCCCC(O)O. The first kappa shape index (κ1) is 19.3. The number of hydrogen-bond acceptors (Lipinski definition) is 6. The van der Waals surface area contributed by atoms with Gasteiger partial charge in [-0.05, 0) is 39.5 Å². The Morgan fingerprint density at radius 2 is 1.60 bits per heavy atom. The molecule has 0 aliphatic rings. The Balaban J connectivity index is 3.31. The average molecular weight is 292 g/mol. The van der Waals surface area contributed by atoms with Gasteiger partial charge in [0.15, 0.2) is 6.29 Å². The van der Waals surface area contributed by atoms with Crippen LogP contribution in [0, 0.1) is 5.41 Å². The Bertz CT molecular complexity index is 252. The number of carbonyl (C=O) groups excluding carboxylic acids is 1. The summed E-state index contributed by atoms with van der Waals surface area (Å²) in [6, 6.07) is 0. The van der Waals surface area contributed by atoms with E-state index in [-0.39, 0.29) is 12.4 Å². The molecule has 0 aromatic rings. The molecular formula is C14H28O6. The van der Waals surface area contributed by atoms with Crippen LogP contribution in [0.1, 0.15) is 52.9 Å². The van der Waals surface area contributed by atoms with Gasteiger partial charge in [-0.15, -0.1) is 0 Å². The molecule has 0 aliphatic carbocycles. The normalized spacial score (nSPS) is 11.9. The molecule has 0 rings (SSSR count). The van der Waals surface area contributed by atoms with Crippen LogP contribution in [0.5, 0.6) is 0 Å². The molecule has 6 heteroatoms. The van der Waals surface area contributed by atoms with Gasteiger partial charge in [-0.3, -0.25) is 4.79 Å². The van der Waals surface area contributed by atoms with Gasteiger partial charge >= 0.3 is 5.97 Å². The molecule has 0 aromatic carbocycles. The first-order valence-corrected chi connectivity index (χ1v) is 7.18. The first-order valence-electron chi connectivity index (χ1n) is 7.18. The van der Waals surface area contributed by atoms with Crippen LogP contribution in [0.15, 0.2) is 0 Å². The molecule has 0 spiro atoms. The molecule has 0 atom stereocenters. The molecular weight excluding hydrogens is 264 g/mol. The topological polar surface area (TPSA) is 85.2 Å². The highest BCUT2D eigenvalue weighted by Crippen LogP contribution is 2.21. The van der Waals surface area contributed by atoms with Crippen LogP contribution in [-0.2, 0) is 19.3 Å². The second-order valence-corrected chi connectivity index (χ2v) is 5.35. The molecule has 0 unspecified atom stereocenters. The molecule has 0 aliphatic heterocycles. The van der Waals surface area contributed by atoms with E-state index < -0.39 is 11.7 Å². The Hall–Kier alpha value is -0.690. The molecule has 0 bridgehead atoms. The number of carbonyl (C=O) groups is 1. The van der Waals surface area contributed by atoms with Gasteiger partial charge in [0.25, 0.3) is 0 Å². The van der Waals surface area contributed by atoms with Gasteiger partial charge in [-0.25, -0.2) is 9.78 Å². The van der Waals surface area contributed by atoms with E-state index in [0.29, 0.717) is 26.2 Å². The lowest BCUT2D eigenvalue weighted by molar-refractivity contribution is -0.296. The zero-order valence-corrected chi connectivity index (χ0v) is 12.8. The summed E-state index contributed by atoms with van der Waals surface area (Å²) in [5.74, 6) is -0.167. The van der Waals surface area contributed by atoms with Gasteiger partial charge < -0.3 is 14.9 Å². The Kier molecular flexibility index (Phi) is 10.6. The van der Waals surface area contributed by atoms with E-state index in [1.807, 2.05) is 20.8 Å². The molecule has 0 saturated carbocycles. The van der Waals surface area contributed by atoms with Crippen LogP contribution in [0.4, 0.5) is 0 Å². The largest absolute Gasteiger partial charge is 0.465 e. The predicted molar refractivity (Wildman–Crippen MR) is 73.6 cm³/mol. The van der Waals surface area contributed by atoms with Crippen molar-refractivity contribution in [2.24, 2.45) is 5.41 Å². The first-order chi connectivity index (χ1) is 9.40. The van der Waals surface area contributed by atoms with Crippen LogP contribution in [0.3, 0.4) is 0 Å². The van der Waals surface area contributed by atoms with Gasteiger partial charge in [0.1, 0.15) is 0 Å². The summed E-state index contributed by atoms with van der Waals surface area (Å²) in [7, 11) is 0. The third kappa shape index (κ3) is 10.1. The molecule has 2 N–H and O–H groups in total. The van der Waals surface area contributed by atoms with Crippen molar-refractivity contribution in [1.29, 1.82) is 0 Å². The predicted octanol–water partition coefficient (Wildman–Crippen LogP) is 1.79. The Labute approximate surface area is 121 Å². The zero-order chi connectivity index (χ0) is 15.4. The lowest BCUT2D eigenvalue weighted by atomic mass is 9.91. The van der Waals surface area contributed by atoms with Gasteiger partial charge in [-0.2, -0.15) is 0 Å². The standard InChI is InChI=1S/C14H28O6/c1-4-14(2,3)13(17)18-9-5-6-10-19-20-11-7-8-12(15)16/h12,15-16H,4-11H2,1-3H3. The highest BCUT2D eigenvalue weighted by Gasteiger charge is 2.26. The maximum atomic E-state index is 11.6. The third-order valence-corrected chi connectivity index (χ3v) is 3.06. The molecule has 0 heterocycles. The second-order valence-electron chi connectivity index (χ2n) is 5.35. The van der Waals surface area contributed by atoms with Crippen molar-refractivity contribution in [1.82, 2.24) is 0 Å². The van der Waals surface area contributed by atoms with Crippen molar-refractivity contribution >= 4 is 5.97 Å². The van der Waals surface area contributed by atoms with E-state index in [1.54, 1.807) is 0 Å². The average Bonchev–Trinajstić information content (AvgIpc) is 2.40. The van der Waals surface area contributed by atoms with Crippen molar-refractivity contribution in [3.8, 4) is 0 Å². The fourth-order valence-electron chi connectivity index (χ4n) is 1.21. The maximum Gasteiger partial charge on any atom is 0.311 e. The van der Waals surface area contributed by atoms with Crippen LogP contribution in [0.25, 0.3) is 0 Å². The van der Waals surface area contributed by atoms with E-state index in [4.69, 9.17) is 24.7 Å². The van der Waals surface area contributed by atoms with Crippen LogP contribution in [-0.4, -0.2) is 42.3 Å². The van der Waals surface area contributed by atoms with Crippen LogP contribution in [0.2, 0.25) is 0 Å². The van der Waals surface area contributed by atoms with Crippen molar-refractivity contribution in [2.75, 3.05) is 19.8 Å². The number of rotatable bonds is 12.